The summed E-state index contributed by atoms with van der Waals surface area (Å²) in [5.74, 6) is 0.340. The van der Waals surface area contributed by atoms with Crippen molar-refractivity contribution in [3.05, 3.63) is 59.4 Å². The van der Waals surface area contributed by atoms with Crippen LogP contribution in [0.15, 0.2) is 42.6 Å². The summed E-state index contributed by atoms with van der Waals surface area (Å²) in [6.45, 7) is 4.55. The lowest BCUT2D eigenvalue weighted by atomic mass is 9.88. The molecule has 1 N–H and O–H groups in total. The van der Waals surface area contributed by atoms with E-state index in [0.29, 0.717) is 12.0 Å². The van der Waals surface area contributed by atoms with Crippen LogP contribution in [0.25, 0.3) is 0 Å². The van der Waals surface area contributed by atoms with Gasteiger partial charge in [-0.2, -0.15) is 0 Å². The Labute approximate surface area is 174 Å². The Balaban J connectivity index is 1.12. The second kappa shape index (κ2) is 8.45. The van der Waals surface area contributed by atoms with Crippen LogP contribution in [0.4, 0.5) is 5.69 Å². The summed E-state index contributed by atoms with van der Waals surface area (Å²) < 4.78 is 0. The normalized spacial score (nSPS) is 22.6. The number of pyridine rings is 1. The van der Waals surface area contributed by atoms with Crippen molar-refractivity contribution in [2.24, 2.45) is 5.92 Å². The molecule has 3 aliphatic rings. The van der Waals surface area contributed by atoms with Gasteiger partial charge in [0.1, 0.15) is 0 Å². The molecule has 4 heteroatoms. The summed E-state index contributed by atoms with van der Waals surface area (Å²) in [5, 5.41) is 10.7. The fourth-order valence-corrected chi connectivity index (χ4v) is 5.64. The zero-order valence-corrected chi connectivity index (χ0v) is 17.3. The summed E-state index contributed by atoms with van der Waals surface area (Å²) in [4.78, 5) is 9.62. The van der Waals surface area contributed by atoms with Crippen LogP contribution in [-0.4, -0.2) is 47.2 Å². The number of aliphatic hydroxyl groups is 1. The minimum Gasteiger partial charge on any atom is -0.387 e. The number of rotatable bonds is 4. The highest BCUT2D eigenvalue weighted by Gasteiger charge is 2.31. The first-order chi connectivity index (χ1) is 14.3. The van der Waals surface area contributed by atoms with E-state index >= 15 is 0 Å². The maximum absolute atomic E-state index is 10.7. The zero-order valence-electron chi connectivity index (χ0n) is 17.3. The second-order valence-corrected chi connectivity index (χ2v) is 9.10. The SMILES string of the molecule is OC(c1ccccn1)C1CCN(C2CCN(c3ccc4c(c3)CCC4)CC2)CC1. The average molecular weight is 392 g/mol. The number of benzene rings is 1. The molecule has 29 heavy (non-hydrogen) atoms. The van der Waals surface area contributed by atoms with E-state index in [0.717, 1.165) is 31.6 Å². The van der Waals surface area contributed by atoms with E-state index in [2.05, 4.69) is 33.0 Å². The van der Waals surface area contributed by atoms with Crippen LogP contribution in [0, 0.1) is 5.92 Å². The molecule has 3 heterocycles. The van der Waals surface area contributed by atoms with Gasteiger partial charge in [-0.25, -0.2) is 0 Å². The number of aryl methyl sites for hydroxylation is 2. The Morgan fingerprint density at radius 2 is 1.69 bits per heavy atom. The number of hydrogen-bond acceptors (Lipinski definition) is 4. The molecule has 1 aromatic heterocycles. The molecule has 1 atom stereocenters. The van der Waals surface area contributed by atoms with Crippen molar-refractivity contribution in [3.63, 3.8) is 0 Å². The Kier molecular flexibility index (Phi) is 5.56. The van der Waals surface area contributed by atoms with Gasteiger partial charge in [0.25, 0.3) is 0 Å². The van der Waals surface area contributed by atoms with Crippen LogP contribution in [0.2, 0.25) is 0 Å². The summed E-state index contributed by atoms with van der Waals surface area (Å²) in [5.41, 5.74) is 5.41. The van der Waals surface area contributed by atoms with E-state index in [1.165, 1.54) is 50.9 Å². The maximum Gasteiger partial charge on any atom is 0.0988 e. The average Bonchev–Trinajstić information content (AvgIpc) is 3.27. The van der Waals surface area contributed by atoms with Crippen molar-refractivity contribution < 1.29 is 5.11 Å². The third-order valence-electron chi connectivity index (χ3n) is 7.44. The van der Waals surface area contributed by atoms with E-state index in [1.807, 2.05) is 18.2 Å². The number of fused-ring (bicyclic) bond motifs is 1. The largest absolute Gasteiger partial charge is 0.387 e. The molecule has 5 rings (SSSR count). The minimum atomic E-state index is -0.417. The number of nitrogens with zero attached hydrogens (tertiary/aromatic N) is 3. The number of anilines is 1. The van der Waals surface area contributed by atoms with Gasteiger partial charge in [0.2, 0.25) is 0 Å². The van der Waals surface area contributed by atoms with Crippen LogP contribution in [0.1, 0.15) is 55.0 Å². The van der Waals surface area contributed by atoms with Crippen LogP contribution >= 0.6 is 0 Å². The number of aliphatic hydroxyl groups excluding tert-OH is 1. The second-order valence-electron chi connectivity index (χ2n) is 9.10. The molecule has 1 unspecified atom stereocenters. The molecule has 1 aromatic carbocycles. The molecule has 0 saturated carbocycles. The number of likely N-dealkylation sites (tertiary alicyclic amines) is 1. The molecule has 2 aliphatic heterocycles. The van der Waals surface area contributed by atoms with E-state index in [1.54, 1.807) is 17.3 Å². The molecule has 0 spiro atoms. The number of aromatic nitrogens is 1. The smallest absolute Gasteiger partial charge is 0.0988 e. The van der Waals surface area contributed by atoms with Crippen molar-refractivity contribution >= 4 is 5.69 Å². The molecular weight excluding hydrogens is 358 g/mol. The van der Waals surface area contributed by atoms with Crippen molar-refractivity contribution in [1.82, 2.24) is 9.88 Å². The van der Waals surface area contributed by atoms with Crippen molar-refractivity contribution in [2.75, 3.05) is 31.1 Å². The van der Waals surface area contributed by atoms with Crippen LogP contribution in [-0.2, 0) is 12.8 Å². The van der Waals surface area contributed by atoms with Crippen molar-refractivity contribution in [3.8, 4) is 0 Å². The van der Waals surface area contributed by atoms with Crippen molar-refractivity contribution in [1.29, 1.82) is 0 Å². The third kappa shape index (κ3) is 4.06. The summed E-state index contributed by atoms with van der Waals surface area (Å²) in [6, 6.07) is 13.7. The third-order valence-corrected chi connectivity index (χ3v) is 7.44. The lowest BCUT2D eigenvalue weighted by Gasteiger charge is -2.43. The molecule has 0 bridgehead atoms. The Hall–Kier alpha value is -1.91. The van der Waals surface area contributed by atoms with E-state index in [-0.39, 0.29) is 0 Å². The van der Waals surface area contributed by atoms with Gasteiger partial charge < -0.3 is 14.9 Å². The summed E-state index contributed by atoms with van der Waals surface area (Å²) in [6.07, 6.45) is 9.87. The maximum atomic E-state index is 10.7. The highest BCUT2D eigenvalue weighted by atomic mass is 16.3. The number of hydrogen-bond donors (Lipinski definition) is 1. The predicted octanol–water partition coefficient (Wildman–Crippen LogP) is 3.98. The molecule has 154 valence electrons. The van der Waals surface area contributed by atoms with Gasteiger partial charge in [-0.1, -0.05) is 12.1 Å². The summed E-state index contributed by atoms with van der Waals surface area (Å²) in [7, 11) is 0. The first kappa shape index (κ1) is 19.1. The highest BCUT2D eigenvalue weighted by molar-refractivity contribution is 5.52. The molecule has 2 fully saturated rings. The van der Waals surface area contributed by atoms with Crippen LogP contribution in [0.5, 0.6) is 0 Å². The van der Waals surface area contributed by atoms with Gasteiger partial charge in [-0.3, -0.25) is 4.98 Å². The van der Waals surface area contributed by atoms with E-state index in [9.17, 15) is 5.11 Å². The highest BCUT2D eigenvalue weighted by Crippen LogP contribution is 2.33. The monoisotopic (exact) mass is 391 g/mol. The number of piperidine rings is 2. The van der Waals surface area contributed by atoms with Gasteiger partial charge in [0.15, 0.2) is 0 Å². The van der Waals surface area contributed by atoms with Crippen LogP contribution < -0.4 is 4.90 Å². The Morgan fingerprint density at radius 3 is 2.45 bits per heavy atom. The minimum absolute atomic E-state index is 0.340. The fraction of sp³-hybridized carbons (Fsp3) is 0.560. The molecule has 0 radical (unpaired) electrons. The Morgan fingerprint density at radius 1 is 0.897 bits per heavy atom. The zero-order chi connectivity index (χ0) is 19.6. The molecule has 1 aliphatic carbocycles. The molecule has 2 saturated heterocycles. The van der Waals surface area contributed by atoms with E-state index in [4.69, 9.17) is 0 Å². The van der Waals surface area contributed by atoms with Gasteiger partial charge in [0.05, 0.1) is 11.8 Å². The lowest BCUT2D eigenvalue weighted by Crippen LogP contribution is -2.48. The molecule has 0 amide bonds. The quantitative estimate of drug-likeness (QED) is 0.856. The standard InChI is InChI=1S/C25H33N3O/c29-25(24-6-1-2-13-26-24)20-9-14-27(15-10-20)22-11-16-28(17-12-22)23-8-7-19-4-3-5-21(19)18-23/h1-2,6-8,13,18,20,22,25,29H,3-5,9-12,14-17H2. The Bertz CT molecular complexity index is 808. The lowest BCUT2D eigenvalue weighted by molar-refractivity contribution is 0.0382. The van der Waals surface area contributed by atoms with Gasteiger partial charge in [-0.15, -0.1) is 0 Å². The summed E-state index contributed by atoms with van der Waals surface area (Å²) >= 11 is 0. The van der Waals surface area contributed by atoms with Gasteiger partial charge >= 0.3 is 0 Å². The molecular formula is C25H33N3O. The van der Waals surface area contributed by atoms with Crippen LogP contribution in [0.3, 0.4) is 0 Å². The first-order valence-electron chi connectivity index (χ1n) is 11.5. The van der Waals surface area contributed by atoms with Gasteiger partial charge in [0, 0.05) is 31.0 Å². The topological polar surface area (TPSA) is 39.6 Å². The van der Waals surface area contributed by atoms with E-state index < -0.39 is 6.10 Å². The predicted molar refractivity (Wildman–Crippen MR) is 117 cm³/mol. The molecule has 4 nitrogen and oxygen atoms in total. The first-order valence-corrected chi connectivity index (χ1v) is 11.5. The van der Waals surface area contributed by atoms with Gasteiger partial charge in [-0.05, 0) is 99.3 Å². The molecule has 2 aromatic rings. The van der Waals surface area contributed by atoms with Crippen molar-refractivity contribution in [2.45, 2.75) is 57.1 Å². The fourth-order valence-electron chi connectivity index (χ4n) is 5.64.